The van der Waals surface area contributed by atoms with Gasteiger partial charge in [-0.3, -0.25) is 0 Å². The van der Waals surface area contributed by atoms with E-state index in [4.69, 9.17) is 19.9 Å². The monoisotopic (exact) mass is 287 g/mol. The Balaban J connectivity index is 2.17. The van der Waals surface area contributed by atoms with Crippen molar-refractivity contribution in [2.24, 2.45) is 5.73 Å². The fourth-order valence-electron chi connectivity index (χ4n) is 2.07. The highest BCUT2D eigenvalue weighted by molar-refractivity contribution is 5.33. The summed E-state index contributed by atoms with van der Waals surface area (Å²) in [5.74, 6) is 2.37. The van der Waals surface area contributed by atoms with E-state index in [9.17, 15) is 0 Å². The SMILES string of the molecule is COc1ccc(OC(c2ccc(OC)cc2)C(C)N)cc1. The average Bonchev–Trinajstić information content (AvgIpc) is 2.53. The molecule has 0 aromatic heterocycles. The van der Waals surface area contributed by atoms with Crippen molar-refractivity contribution < 1.29 is 14.2 Å². The van der Waals surface area contributed by atoms with Crippen LogP contribution in [0.15, 0.2) is 48.5 Å². The van der Waals surface area contributed by atoms with Crippen LogP contribution in [0.5, 0.6) is 17.2 Å². The van der Waals surface area contributed by atoms with Gasteiger partial charge in [0.2, 0.25) is 0 Å². The van der Waals surface area contributed by atoms with Crippen molar-refractivity contribution >= 4 is 0 Å². The molecule has 4 nitrogen and oxygen atoms in total. The smallest absolute Gasteiger partial charge is 0.138 e. The number of hydrogen-bond acceptors (Lipinski definition) is 4. The van der Waals surface area contributed by atoms with Crippen LogP contribution < -0.4 is 19.9 Å². The van der Waals surface area contributed by atoms with Crippen LogP contribution in [-0.4, -0.2) is 20.3 Å². The van der Waals surface area contributed by atoms with Gasteiger partial charge in [-0.1, -0.05) is 12.1 Å². The summed E-state index contributed by atoms with van der Waals surface area (Å²) < 4.78 is 16.3. The van der Waals surface area contributed by atoms with Crippen molar-refractivity contribution in [2.45, 2.75) is 19.1 Å². The van der Waals surface area contributed by atoms with Gasteiger partial charge in [-0.25, -0.2) is 0 Å². The van der Waals surface area contributed by atoms with Crippen LogP contribution in [0.1, 0.15) is 18.6 Å². The third-order valence-electron chi connectivity index (χ3n) is 3.24. The number of nitrogens with two attached hydrogens (primary N) is 1. The maximum Gasteiger partial charge on any atom is 0.138 e. The zero-order valence-corrected chi connectivity index (χ0v) is 12.6. The largest absolute Gasteiger partial charge is 0.497 e. The number of benzene rings is 2. The molecule has 2 N–H and O–H groups in total. The highest BCUT2D eigenvalue weighted by atomic mass is 16.5. The Hall–Kier alpha value is -2.20. The van der Waals surface area contributed by atoms with Gasteiger partial charge in [0.05, 0.1) is 14.2 Å². The molecule has 2 rings (SSSR count). The zero-order valence-electron chi connectivity index (χ0n) is 12.6. The van der Waals surface area contributed by atoms with Gasteiger partial charge in [-0.05, 0) is 48.9 Å². The number of rotatable bonds is 6. The highest BCUT2D eigenvalue weighted by Crippen LogP contribution is 2.27. The first kappa shape index (κ1) is 15.2. The predicted octanol–water partition coefficient (Wildman–Crippen LogP) is 3.17. The van der Waals surface area contributed by atoms with Gasteiger partial charge in [0.15, 0.2) is 0 Å². The molecule has 2 atom stereocenters. The van der Waals surface area contributed by atoms with Crippen LogP contribution in [0.3, 0.4) is 0 Å². The molecule has 0 aliphatic heterocycles. The highest BCUT2D eigenvalue weighted by Gasteiger charge is 2.18. The lowest BCUT2D eigenvalue weighted by Gasteiger charge is -2.23. The lowest BCUT2D eigenvalue weighted by atomic mass is 10.0. The molecule has 2 aromatic carbocycles. The predicted molar refractivity (Wildman–Crippen MR) is 83.0 cm³/mol. The minimum Gasteiger partial charge on any atom is -0.497 e. The van der Waals surface area contributed by atoms with E-state index < -0.39 is 0 Å². The van der Waals surface area contributed by atoms with Crippen molar-refractivity contribution in [1.29, 1.82) is 0 Å². The maximum atomic E-state index is 6.06. The fraction of sp³-hybridized carbons (Fsp3) is 0.294. The van der Waals surface area contributed by atoms with Gasteiger partial charge >= 0.3 is 0 Å². The van der Waals surface area contributed by atoms with Gasteiger partial charge in [0, 0.05) is 6.04 Å². The van der Waals surface area contributed by atoms with Gasteiger partial charge in [-0.2, -0.15) is 0 Å². The summed E-state index contributed by atoms with van der Waals surface area (Å²) in [6.45, 7) is 1.93. The molecule has 0 spiro atoms. The molecule has 2 aromatic rings. The summed E-state index contributed by atoms with van der Waals surface area (Å²) in [5, 5.41) is 0. The van der Waals surface area contributed by atoms with Gasteiger partial charge in [0.1, 0.15) is 23.4 Å². The average molecular weight is 287 g/mol. The molecule has 0 radical (unpaired) electrons. The molecule has 4 heteroatoms. The molecule has 0 aliphatic carbocycles. The van der Waals surface area contributed by atoms with Gasteiger partial charge < -0.3 is 19.9 Å². The second-order valence-electron chi connectivity index (χ2n) is 4.85. The summed E-state index contributed by atoms with van der Waals surface area (Å²) in [6, 6.07) is 15.1. The molecule has 0 aliphatic rings. The summed E-state index contributed by atoms with van der Waals surface area (Å²) in [4.78, 5) is 0. The van der Waals surface area contributed by atoms with Crippen LogP contribution in [0.4, 0.5) is 0 Å². The Morgan fingerprint density at radius 1 is 0.762 bits per heavy atom. The van der Waals surface area contributed by atoms with E-state index >= 15 is 0 Å². The Bertz CT molecular complexity index is 549. The van der Waals surface area contributed by atoms with E-state index in [0.29, 0.717) is 0 Å². The first-order valence-corrected chi connectivity index (χ1v) is 6.84. The molecular weight excluding hydrogens is 266 g/mol. The lowest BCUT2D eigenvalue weighted by Crippen LogP contribution is -2.29. The van der Waals surface area contributed by atoms with Crippen molar-refractivity contribution in [2.75, 3.05) is 14.2 Å². The minimum absolute atomic E-state index is 0.138. The van der Waals surface area contributed by atoms with Crippen LogP contribution in [0.2, 0.25) is 0 Å². The van der Waals surface area contributed by atoms with Crippen LogP contribution in [0.25, 0.3) is 0 Å². The first-order valence-electron chi connectivity index (χ1n) is 6.84. The third-order valence-corrected chi connectivity index (χ3v) is 3.24. The topological polar surface area (TPSA) is 53.7 Å². The molecule has 0 saturated carbocycles. The van der Waals surface area contributed by atoms with Crippen molar-refractivity contribution in [3.05, 3.63) is 54.1 Å². The number of ether oxygens (including phenoxy) is 3. The summed E-state index contributed by atoms with van der Waals surface area (Å²) in [5.41, 5.74) is 7.08. The molecule has 0 amide bonds. The quantitative estimate of drug-likeness (QED) is 0.886. The zero-order chi connectivity index (χ0) is 15.2. The fourth-order valence-corrected chi connectivity index (χ4v) is 2.07. The van der Waals surface area contributed by atoms with Crippen molar-refractivity contribution in [1.82, 2.24) is 0 Å². The Labute approximate surface area is 125 Å². The molecule has 21 heavy (non-hydrogen) atoms. The van der Waals surface area contributed by atoms with Crippen molar-refractivity contribution in [3.8, 4) is 17.2 Å². The van der Waals surface area contributed by atoms with Crippen LogP contribution in [-0.2, 0) is 0 Å². The van der Waals surface area contributed by atoms with Crippen LogP contribution >= 0.6 is 0 Å². The molecule has 112 valence electrons. The normalized spacial score (nSPS) is 13.3. The second-order valence-corrected chi connectivity index (χ2v) is 4.85. The first-order chi connectivity index (χ1) is 10.1. The maximum absolute atomic E-state index is 6.06. The molecule has 0 fully saturated rings. The van der Waals surface area contributed by atoms with Gasteiger partial charge in [0.25, 0.3) is 0 Å². The number of hydrogen-bond donors (Lipinski definition) is 1. The lowest BCUT2D eigenvalue weighted by molar-refractivity contribution is 0.180. The van der Waals surface area contributed by atoms with E-state index in [1.165, 1.54) is 0 Å². The van der Waals surface area contributed by atoms with E-state index in [1.54, 1.807) is 14.2 Å². The number of methoxy groups -OCH3 is 2. The van der Waals surface area contributed by atoms with E-state index in [1.807, 2.05) is 55.5 Å². The van der Waals surface area contributed by atoms with E-state index in [0.717, 1.165) is 22.8 Å². The summed E-state index contributed by atoms with van der Waals surface area (Å²) in [7, 11) is 3.28. The minimum atomic E-state index is -0.218. The van der Waals surface area contributed by atoms with Gasteiger partial charge in [-0.15, -0.1) is 0 Å². The Morgan fingerprint density at radius 2 is 1.19 bits per heavy atom. The molecule has 0 saturated heterocycles. The van der Waals surface area contributed by atoms with E-state index in [2.05, 4.69) is 0 Å². The Kier molecular flexibility index (Phi) is 5.06. The Morgan fingerprint density at radius 3 is 1.62 bits per heavy atom. The molecule has 0 heterocycles. The van der Waals surface area contributed by atoms with Crippen molar-refractivity contribution in [3.63, 3.8) is 0 Å². The third kappa shape index (κ3) is 3.89. The standard InChI is InChI=1S/C17H21NO3/c1-12(18)17(13-4-6-14(19-2)7-5-13)21-16-10-8-15(20-3)9-11-16/h4-12,17H,18H2,1-3H3. The summed E-state index contributed by atoms with van der Waals surface area (Å²) in [6.07, 6.45) is -0.218. The molecule has 0 bridgehead atoms. The van der Waals surface area contributed by atoms with E-state index in [-0.39, 0.29) is 12.1 Å². The molecular formula is C17H21NO3. The van der Waals surface area contributed by atoms with Crippen LogP contribution in [0, 0.1) is 0 Å². The molecule has 2 unspecified atom stereocenters. The second kappa shape index (κ2) is 6.99. The summed E-state index contributed by atoms with van der Waals surface area (Å²) >= 11 is 0.